The van der Waals surface area contributed by atoms with Gasteiger partial charge in [0.2, 0.25) is 5.91 Å². The topological polar surface area (TPSA) is 59.1 Å². The smallest absolute Gasteiger partial charge is 0.225 e. The lowest BCUT2D eigenvalue weighted by atomic mass is 9.94. The van der Waals surface area contributed by atoms with E-state index in [-0.39, 0.29) is 11.7 Å². The van der Waals surface area contributed by atoms with E-state index in [0.29, 0.717) is 25.1 Å². The summed E-state index contributed by atoms with van der Waals surface area (Å²) in [6.07, 6.45) is 2.86. The van der Waals surface area contributed by atoms with E-state index in [1.807, 2.05) is 52.0 Å². The fourth-order valence-corrected chi connectivity index (χ4v) is 2.97. The third-order valence-corrected chi connectivity index (χ3v) is 4.03. The Bertz CT molecular complexity index is 743. The van der Waals surface area contributed by atoms with Crippen molar-refractivity contribution in [1.29, 1.82) is 0 Å². The molecule has 1 aromatic carbocycles. The van der Waals surface area contributed by atoms with E-state index in [1.165, 1.54) is 0 Å². The minimum absolute atomic E-state index is 0.104. The number of anilines is 1. The van der Waals surface area contributed by atoms with E-state index in [1.54, 1.807) is 6.20 Å². The number of hydrogen-bond acceptors (Lipinski definition) is 3. The van der Waals surface area contributed by atoms with Gasteiger partial charge in [0.25, 0.3) is 0 Å². The minimum Gasteiger partial charge on any atom is -0.310 e. The molecule has 0 spiro atoms. The fraction of sp³-hybridized carbons (Fsp3) is 0.350. The Morgan fingerprint density at radius 2 is 1.67 bits per heavy atom. The zero-order valence-electron chi connectivity index (χ0n) is 14.8. The molecule has 1 heterocycles. The highest BCUT2D eigenvalue weighted by Gasteiger charge is 2.13. The van der Waals surface area contributed by atoms with Gasteiger partial charge < -0.3 is 5.32 Å². The van der Waals surface area contributed by atoms with Crippen LogP contribution >= 0.6 is 0 Å². The second-order valence-electron chi connectivity index (χ2n) is 6.27. The van der Waals surface area contributed by atoms with Crippen LogP contribution in [0.4, 0.5) is 5.82 Å². The summed E-state index contributed by atoms with van der Waals surface area (Å²) in [4.78, 5) is 28.6. The molecule has 0 fully saturated rings. The molecule has 0 radical (unpaired) electrons. The monoisotopic (exact) mass is 324 g/mol. The predicted octanol–water partition coefficient (Wildman–Crippen LogP) is 4.31. The van der Waals surface area contributed by atoms with Crippen LogP contribution in [0.15, 0.2) is 30.5 Å². The van der Waals surface area contributed by atoms with E-state index >= 15 is 0 Å². The highest BCUT2D eigenvalue weighted by Crippen LogP contribution is 2.19. The summed E-state index contributed by atoms with van der Waals surface area (Å²) in [5.41, 5.74) is 4.89. The molecule has 0 unspecified atom stereocenters. The molecule has 0 bridgehead atoms. The molecule has 2 rings (SSSR count). The Morgan fingerprint density at radius 1 is 1.00 bits per heavy atom. The van der Waals surface area contributed by atoms with Crippen molar-refractivity contribution in [2.75, 3.05) is 5.32 Å². The summed E-state index contributed by atoms with van der Waals surface area (Å²) in [5.74, 6) is 0.577. The zero-order chi connectivity index (χ0) is 17.7. The number of pyridine rings is 1. The SMILES string of the molecule is Cc1cc(C)c(C(=O)CCCC(=O)Nc2ncccc2C)c(C)c1. The Kier molecular flexibility index (Phi) is 5.85. The van der Waals surface area contributed by atoms with Crippen LogP contribution in [-0.4, -0.2) is 16.7 Å². The van der Waals surface area contributed by atoms with Gasteiger partial charge in [-0.15, -0.1) is 0 Å². The molecule has 24 heavy (non-hydrogen) atoms. The molecule has 0 saturated carbocycles. The number of aryl methyl sites for hydroxylation is 4. The van der Waals surface area contributed by atoms with Crippen molar-refractivity contribution >= 4 is 17.5 Å². The number of amides is 1. The van der Waals surface area contributed by atoms with E-state index in [4.69, 9.17) is 0 Å². The first-order valence-corrected chi connectivity index (χ1v) is 8.21. The summed E-state index contributed by atoms with van der Waals surface area (Å²) < 4.78 is 0. The van der Waals surface area contributed by atoms with Gasteiger partial charge in [0.1, 0.15) is 5.82 Å². The number of nitrogens with one attached hydrogen (secondary N) is 1. The molecule has 1 aromatic heterocycles. The molecule has 1 N–H and O–H groups in total. The number of rotatable bonds is 6. The van der Waals surface area contributed by atoms with Gasteiger partial charge in [-0.05, 0) is 56.9 Å². The van der Waals surface area contributed by atoms with Crippen molar-refractivity contribution < 1.29 is 9.59 Å². The second-order valence-corrected chi connectivity index (χ2v) is 6.27. The molecule has 0 aliphatic rings. The average molecular weight is 324 g/mol. The molecule has 0 aliphatic heterocycles. The van der Waals surface area contributed by atoms with E-state index in [9.17, 15) is 9.59 Å². The molecule has 2 aromatic rings. The molecule has 0 saturated heterocycles. The fourth-order valence-electron chi connectivity index (χ4n) is 2.97. The van der Waals surface area contributed by atoms with Gasteiger partial charge in [0.05, 0.1) is 0 Å². The summed E-state index contributed by atoms with van der Waals surface area (Å²) in [6, 6.07) is 7.78. The Morgan fingerprint density at radius 3 is 2.29 bits per heavy atom. The van der Waals surface area contributed by atoms with Crippen LogP contribution in [0.25, 0.3) is 0 Å². The van der Waals surface area contributed by atoms with E-state index in [0.717, 1.165) is 27.8 Å². The maximum Gasteiger partial charge on any atom is 0.225 e. The normalized spacial score (nSPS) is 10.5. The van der Waals surface area contributed by atoms with Crippen LogP contribution < -0.4 is 5.32 Å². The molecule has 126 valence electrons. The third-order valence-electron chi connectivity index (χ3n) is 4.03. The van der Waals surface area contributed by atoms with Crippen LogP contribution in [0.2, 0.25) is 0 Å². The first-order chi connectivity index (χ1) is 11.4. The first-order valence-electron chi connectivity index (χ1n) is 8.21. The van der Waals surface area contributed by atoms with Crippen molar-refractivity contribution in [2.45, 2.75) is 47.0 Å². The molecule has 0 aliphatic carbocycles. The first kappa shape index (κ1) is 17.9. The van der Waals surface area contributed by atoms with Crippen LogP contribution in [0.1, 0.15) is 51.9 Å². The molecular formula is C20H24N2O2. The molecule has 4 nitrogen and oxygen atoms in total. The van der Waals surface area contributed by atoms with Gasteiger partial charge in [0, 0.05) is 24.6 Å². The lowest BCUT2D eigenvalue weighted by molar-refractivity contribution is -0.116. The lowest BCUT2D eigenvalue weighted by Gasteiger charge is -2.10. The molecular weight excluding hydrogens is 300 g/mol. The number of carbonyl (C=O) groups excluding carboxylic acids is 2. The third kappa shape index (κ3) is 4.51. The molecule has 1 amide bonds. The zero-order valence-corrected chi connectivity index (χ0v) is 14.8. The van der Waals surface area contributed by atoms with Crippen LogP contribution in [0.3, 0.4) is 0 Å². The van der Waals surface area contributed by atoms with Crippen LogP contribution in [0.5, 0.6) is 0 Å². The van der Waals surface area contributed by atoms with Crippen LogP contribution in [0, 0.1) is 27.7 Å². The Balaban J connectivity index is 1.89. The maximum absolute atomic E-state index is 12.4. The van der Waals surface area contributed by atoms with Gasteiger partial charge >= 0.3 is 0 Å². The van der Waals surface area contributed by atoms with Crippen molar-refractivity contribution in [3.8, 4) is 0 Å². The average Bonchev–Trinajstić information content (AvgIpc) is 2.48. The highest BCUT2D eigenvalue weighted by atomic mass is 16.1. The van der Waals surface area contributed by atoms with Crippen molar-refractivity contribution in [2.24, 2.45) is 0 Å². The lowest BCUT2D eigenvalue weighted by Crippen LogP contribution is -2.14. The number of ketones is 1. The Labute approximate surface area is 143 Å². The largest absolute Gasteiger partial charge is 0.310 e. The number of Topliss-reactive ketones (excluding diaryl/α,β-unsaturated/α-hetero) is 1. The van der Waals surface area contributed by atoms with Gasteiger partial charge in [-0.25, -0.2) is 4.98 Å². The number of aromatic nitrogens is 1. The van der Waals surface area contributed by atoms with Crippen LogP contribution in [-0.2, 0) is 4.79 Å². The summed E-state index contributed by atoms with van der Waals surface area (Å²) in [6.45, 7) is 7.85. The molecule has 0 atom stereocenters. The summed E-state index contributed by atoms with van der Waals surface area (Å²) >= 11 is 0. The van der Waals surface area contributed by atoms with Crippen molar-refractivity contribution in [3.63, 3.8) is 0 Å². The maximum atomic E-state index is 12.4. The van der Waals surface area contributed by atoms with Gasteiger partial charge in [-0.1, -0.05) is 23.8 Å². The summed E-state index contributed by atoms with van der Waals surface area (Å²) in [7, 11) is 0. The number of carbonyl (C=O) groups is 2. The predicted molar refractivity (Wildman–Crippen MR) is 96.4 cm³/mol. The van der Waals surface area contributed by atoms with Crippen molar-refractivity contribution in [3.05, 3.63) is 58.3 Å². The van der Waals surface area contributed by atoms with Crippen molar-refractivity contribution in [1.82, 2.24) is 4.98 Å². The number of nitrogens with zero attached hydrogens (tertiary/aromatic N) is 1. The standard InChI is InChI=1S/C20H24N2O2/c1-13-11-15(3)19(16(4)12-13)17(23)8-5-9-18(24)22-20-14(2)7-6-10-21-20/h6-7,10-12H,5,8-9H2,1-4H3,(H,21,22,24). The van der Waals surface area contributed by atoms with E-state index < -0.39 is 0 Å². The number of benzene rings is 1. The second kappa shape index (κ2) is 7.86. The van der Waals surface area contributed by atoms with Gasteiger partial charge in [0.15, 0.2) is 5.78 Å². The quantitative estimate of drug-likeness (QED) is 0.806. The number of hydrogen-bond donors (Lipinski definition) is 1. The molecule has 4 heteroatoms. The Hall–Kier alpha value is -2.49. The summed E-state index contributed by atoms with van der Waals surface area (Å²) in [5, 5.41) is 2.79. The van der Waals surface area contributed by atoms with Gasteiger partial charge in [-0.2, -0.15) is 0 Å². The highest BCUT2D eigenvalue weighted by molar-refractivity contribution is 5.99. The van der Waals surface area contributed by atoms with Gasteiger partial charge in [-0.3, -0.25) is 9.59 Å². The minimum atomic E-state index is -0.109. The van der Waals surface area contributed by atoms with E-state index in [2.05, 4.69) is 10.3 Å².